The van der Waals surface area contributed by atoms with E-state index < -0.39 is 0 Å². The second-order valence-corrected chi connectivity index (χ2v) is 3.51. The first-order chi connectivity index (χ1) is 6.34. The summed E-state index contributed by atoms with van der Waals surface area (Å²) in [6.45, 7) is 0. The highest BCUT2D eigenvalue weighted by molar-refractivity contribution is 8.01. The van der Waals surface area contributed by atoms with Gasteiger partial charge in [-0.1, -0.05) is 36.4 Å². The highest BCUT2D eigenvalue weighted by Gasteiger charge is 2.02. The van der Waals surface area contributed by atoms with E-state index in [2.05, 4.69) is 0 Å². The lowest BCUT2D eigenvalue weighted by molar-refractivity contribution is 0.181. The van der Waals surface area contributed by atoms with Crippen molar-refractivity contribution in [1.29, 1.82) is 0 Å². The van der Waals surface area contributed by atoms with Crippen LogP contribution in [0, 0.1) is 0 Å². The Morgan fingerprint density at radius 3 is 2.69 bits per heavy atom. The van der Waals surface area contributed by atoms with E-state index >= 15 is 0 Å². The molecule has 0 aliphatic carbocycles. The topological polar surface area (TPSA) is 20.2 Å². The minimum absolute atomic E-state index is 0.371. The van der Waals surface area contributed by atoms with E-state index in [1.54, 1.807) is 11.8 Å². The Hall–Kier alpha value is -0.730. The van der Waals surface area contributed by atoms with Crippen LogP contribution in [-0.4, -0.2) is 11.4 Å². The van der Waals surface area contributed by atoms with Crippen molar-refractivity contribution < 1.29 is 5.11 Å². The Bertz CT molecular complexity index is 256. The minimum atomic E-state index is -0.371. The maximum atomic E-state index is 9.69. The van der Waals surface area contributed by atoms with Gasteiger partial charge in [-0.25, -0.2) is 0 Å². The average molecular weight is 194 g/mol. The van der Waals surface area contributed by atoms with Crippen LogP contribution in [0.3, 0.4) is 0 Å². The van der Waals surface area contributed by atoms with Gasteiger partial charge in [0.15, 0.2) is 0 Å². The molecule has 0 spiro atoms. The van der Waals surface area contributed by atoms with E-state index in [1.165, 1.54) is 0 Å². The first kappa shape index (κ1) is 10.4. The Labute approximate surface area is 83.5 Å². The number of hydrogen-bond acceptors (Lipinski definition) is 2. The molecule has 2 heteroatoms. The predicted octanol–water partition coefficient (Wildman–Crippen LogP) is 2.99. The molecule has 0 radical (unpaired) electrons. The Kier molecular flexibility index (Phi) is 4.65. The van der Waals surface area contributed by atoms with Crippen LogP contribution in [0.15, 0.2) is 41.8 Å². The highest BCUT2D eigenvalue weighted by Crippen LogP contribution is 2.16. The molecule has 1 rings (SSSR count). The summed E-state index contributed by atoms with van der Waals surface area (Å²) in [5.74, 6) is 0. The van der Waals surface area contributed by atoms with E-state index in [1.807, 2.05) is 48.1 Å². The van der Waals surface area contributed by atoms with Crippen LogP contribution in [0.1, 0.15) is 18.1 Å². The summed E-state index contributed by atoms with van der Waals surface area (Å²) < 4.78 is 0. The summed E-state index contributed by atoms with van der Waals surface area (Å²) in [4.78, 5) is 0. The van der Waals surface area contributed by atoms with Crippen molar-refractivity contribution in [3.05, 3.63) is 47.4 Å². The normalized spacial score (nSPS) is 13.4. The summed E-state index contributed by atoms with van der Waals surface area (Å²) in [7, 11) is 0. The Balaban J connectivity index is 2.49. The van der Waals surface area contributed by atoms with Crippen LogP contribution >= 0.6 is 11.8 Å². The first-order valence-corrected chi connectivity index (χ1v) is 5.54. The SMILES string of the molecule is CS/C=C/CC(O)c1ccccc1. The van der Waals surface area contributed by atoms with Crippen LogP contribution in [0.5, 0.6) is 0 Å². The Morgan fingerprint density at radius 2 is 2.08 bits per heavy atom. The van der Waals surface area contributed by atoms with Crippen molar-refractivity contribution >= 4 is 11.8 Å². The summed E-state index contributed by atoms with van der Waals surface area (Å²) in [5, 5.41) is 11.7. The number of benzene rings is 1. The van der Waals surface area contributed by atoms with Crippen LogP contribution < -0.4 is 0 Å². The second kappa shape index (κ2) is 5.84. The fourth-order valence-electron chi connectivity index (χ4n) is 1.09. The smallest absolute Gasteiger partial charge is 0.0824 e. The van der Waals surface area contributed by atoms with Crippen molar-refractivity contribution in [2.24, 2.45) is 0 Å². The van der Waals surface area contributed by atoms with E-state index in [4.69, 9.17) is 0 Å². The van der Waals surface area contributed by atoms with Gasteiger partial charge in [-0.15, -0.1) is 11.8 Å². The molecular weight excluding hydrogens is 180 g/mol. The van der Waals surface area contributed by atoms with Gasteiger partial charge in [-0.2, -0.15) is 0 Å². The van der Waals surface area contributed by atoms with Crippen molar-refractivity contribution in [3.8, 4) is 0 Å². The fraction of sp³-hybridized carbons (Fsp3) is 0.273. The van der Waals surface area contributed by atoms with Crippen LogP contribution in [0.25, 0.3) is 0 Å². The third-order valence-corrected chi connectivity index (χ3v) is 2.24. The maximum absolute atomic E-state index is 9.69. The lowest BCUT2D eigenvalue weighted by Gasteiger charge is -2.06. The molecule has 0 aliphatic rings. The predicted molar refractivity (Wildman–Crippen MR) is 58.7 cm³/mol. The van der Waals surface area contributed by atoms with Gasteiger partial charge in [0.2, 0.25) is 0 Å². The van der Waals surface area contributed by atoms with Crippen LogP contribution in [0.2, 0.25) is 0 Å². The average Bonchev–Trinajstić information content (AvgIpc) is 2.19. The molecule has 1 atom stereocenters. The second-order valence-electron chi connectivity index (χ2n) is 2.77. The van der Waals surface area contributed by atoms with E-state index in [0.717, 1.165) is 5.56 Å². The summed E-state index contributed by atoms with van der Waals surface area (Å²) >= 11 is 1.65. The van der Waals surface area contributed by atoms with Gasteiger partial charge in [0.05, 0.1) is 6.10 Å². The minimum Gasteiger partial charge on any atom is -0.388 e. The first-order valence-electron chi connectivity index (χ1n) is 4.25. The summed E-state index contributed by atoms with van der Waals surface area (Å²) in [5.41, 5.74) is 0.980. The standard InChI is InChI=1S/C11H14OS/c1-13-9-5-8-11(12)10-6-3-2-4-7-10/h2-7,9,11-12H,8H2,1H3/b9-5+. The number of aliphatic hydroxyl groups excluding tert-OH is 1. The summed E-state index contributed by atoms with van der Waals surface area (Å²) in [6.07, 6.45) is 4.31. The molecule has 0 saturated carbocycles. The fourth-order valence-corrected chi connectivity index (χ4v) is 1.40. The molecule has 1 aromatic carbocycles. The third kappa shape index (κ3) is 3.66. The molecule has 0 heterocycles. The molecular formula is C11H14OS. The van der Waals surface area contributed by atoms with Crippen molar-refractivity contribution in [1.82, 2.24) is 0 Å². The van der Waals surface area contributed by atoms with Gasteiger partial charge in [0.25, 0.3) is 0 Å². The zero-order chi connectivity index (χ0) is 9.52. The van der Waals surface area contributed by atoms with Crippen molar-refractivity contribution in [3.63, 3.8) is 0 Å². The molecule has 1 unspecified atom stereocenters. The molecule has 0 bridgehead atoms. The van der Waals surface area contributed by atoms with Gasteiger partial charge in [-0.3, -0.25) is 0 Å². The molecule has 1 aromatic rings. The molecule has 0 fully saturated rings. The monoisotopic (exact) mass is 194 g/mol. The van der Waals surface area contributed by atoms with Gasteiger partial charge in [0, 0.05) is 0 Å². The molecule has 0 aliphatic heterocycles. The maximum Gasteiger partial charge on any atom is 0.0824 e. The molecule has 70 valence electrons. The zero-order valence-electron chi connectivity index (χ0n) is 7.68. The van der Waals surface area contributed by atoms with Crippen molar-refractivity contribution in [2.75, 3.05) is 6.26 Å². The zero-order valence-corrected chi connectivity index (χ0v) is 8.50. The molecule has 0 amide bonds. The molecule has 0 saturated heterocycles. The molecule has 0 aromatic heterocycles. The number of hydrogen-bond donors (Lipinski definition) is 1. The van der Waals surface area contributed by atoms with E-state index in [0.29, 0.717) is 6.42 Å². The number of rotatable bonds is 4. The lowest BCUT2D eigenvalue weighted by atomic mass is 10.1. The number of aliphatic hydroxyl groups is 1. The lowest BCUT2D eigenvalue weighted by Crippen LogP contribution is -1.94. The van der Waals surface area contributed by atoms with E-state index in [9.17, 15) is 5.11 Å². The van der Waals surface area contributed by atoms with Gasteiger partial charge < -0.3 is 5.11 Å². The molecule has 1 N–H and O–H groups in total. The quantitative estimate of drug-likeness (QED) is 0.795. The summed E-state index contributed by atoms with van der Waals surface area (Å²) in [6, 6.07) is 9.72. The van der Waals surface area contributed by atoms with E-state index in [-0.39, 0.29) is 6.10 Å². The van der Waals surface area contributed by atoms with Crippen LogP contribution in [-0.2, 0) is 0 Å². The molecule has 13 heavy (non-hydrogen) atoms. The van der Waals surface area contributed by atoms with Gasteiger partial charge in [0.1, 0.15) is 0 Å². The Morgan fingerprint density at radius 1 is 1.38 bits per heavy atom. The molecule has 1 nitrogen and oxygen atoms in total. The van der Waals surface area contributed by atoms with Crippen LogP contribution in [0.4, 0.5) is 0 Å². The third-order valence-electron chi connectivity index (χ3n) is 1.78. The number of thioether (sulfide) groups is 1. The largest absolute Gasteiger partial charge is 0.388 e. The highest BCUT2D eigenvalue weighted by atomic mass is 32.2. The van der Waals surface area contributed by atoms with Gasteiger partial charge >= 0.3 is 0 Å². The van der Waals surface area contributed by atoms with Crippen molar-refractivity contribution in [2.45, 2.75) is 12.5 Å². The van der Waals surface area contributed by atoms with Gasteiger partial charge in [-0.05, 0) is 23.6 Å².